The van der Waals surface area contributed by atoms with Gasteiger partial charge in [-0.3, -0.25) is 14.9 Å². The summed E-state index contributed by atoms with van der Waals surface area (Å²) in [5.41, 5.74) is 0.553. The second kappa shape index (κ2) is 7.83. The van der Waals surface area contributed by atoms with E-state index in [0.717, 1.165) is 4.90 Å². The first-order valence-corrected chi connectivity index (χ1v) is 8.26. The Kier molecular flexibility index (Phi) is 5.30. The van der Waals surface area contributed by atoms with Crippen LogP contribution >= 0.6 is 0 Å². The molecule has 1 aliphatic heterocycles. The summed E-state index contributed by atoms with van der Waals surface area (Å²) in [6.45, 7) is 0. The van der Waals surface area contributed by atoms with Crippen LogP contribution in [0.1, 0.15) is 5.56 Å². The van der Waals surface area contributed by atoms with Crippen molar-refractivity contribution in [3.8, 4) is 17.2 Å². The highest BCUT2D eigenvalue weighted by molar-refractivity contribution is 6.39. The average molecular weight is 382 g/mol. The molecule has 1 N–H and O–H groups in total. The van der Waals surface area contributed by atoms with Crippen LogP contribution < -0.4 is 24.4 Å². The quantitative estimate of drug-likeness (QED) is 0.630. The first kappa shape index (κ1) is 19.0. The molecule has 3 rings (SSSR count). The Hall–Kier alpha value is -3.81. The van der Waals surface area contributed by atoms with E-state index in [1.165, 1.54) is 27.4 Å². The summed E-state index contributed by atoms with van der Waals surface area (Å²) < 4.78 is 15.8. The van der Waals surface area contributed by atoms with Crippen LogP contribution in [0.2, 0.25) is 0 Å². The minimum Gasteiger partial charge on any atom is -0.496 e. The lowest BCUT2D eigenvalue weighted by Gasteiger charge is -2.26. The lowest BCUT2D eigenvalue weighted by atomic mass is 10.1. The van der Waals surface area contributed by atoms with E-state index in [0.29, 0.717) is 28.5 Å². The minimum absolute atomic E-state index is 0.214. The van der Waals surface area contributed by atoms with E-state index in [4.69, 9.17) is 14.2 Å². The molecule has 1 heterocycles. The van der Waals surface area contributed by atoms with Crippen molar-refractivity contribution in [1.82, 2.24) is 5.32 Å². The number of hydrogen-bond acceptors (Lipinski definition) is 6. The lowest BCUT2D eigenvalue weighted by Crippen LogP contribution is -2.54. The zero-order chi connectivity index (χ0) is 20.3. The van der Waals surface area contributed by atoms with Crippen molar-refractivity contribution in [3.05, 3.63) is 53.6 Å². The molecule has 0 spiro atoms. The highest BCUT2D eigenvalue weighted by Crippen LogP contribution is 2.36. The zero-order valence-electron chi connectivity index (χ0n) is 15.5. The van der Waals surface area contributed by atoms with Crippen molar-refractivity contribution < 1.29 is 28.6 Å². The van der Waals surface area contributed by atoms with Crippen LogP contribution in [0, 0.1) is 0 Å². The van der Waals surface area contributed by atoms with E-state index in [2.05, 4.69) is 5.32 Å². The average Bonchev–Trinajstić information content (AvgIpc) is 2.71. The van der Waals surface area contributed by atoms with Gasteiger partial charge in [0.1, 0.15) is 11.3 Å². The Morgan fingerprint density at radius 1 is 0.857 bits per heavy atom. The van der Waals surface area contributed by atoms with Crippen LogP contribution in [-0.4, -0.2) is 39.2 Å². The summed E-state index contributed by atoms with van der Waals surface area (Å²) in [4.78, 5) is 38.3. The molecule has 0 atom stereocenters. The van der Waals surface area contributed by atoms with Gasteiger partial charge < -0.3 is 14.2 Å². The Bertz CT molecular complexity index is 968. The minimum atomic E-state index is -0.808. The van der Waals surface area contributed by atoms with E-state index in [1.54, 1.807) is 42.5 Å². The van der Waals surface area contributed by atoms with Gasteiger partial charge in [0, 0.05) is 11.6 Å². The van der Waals surface area contributed by atoms with Crippen LogP contribution in [0.4, 0.5) is 10.5 Å². The number of urea groups is 1. The number of hydrogen-bond donors (Lipinski definition) is 1. The topological polar surface area (TPSA) is 94.2 Å². The van der Waals surface area contributed by atoms with Crippen molar-refractivity contribution in [1.29, 1.82) is 0 Å². The second-order valence-electron chi connectivity index (χ2n) is 5.74. The summed E-state index contributed by atoms with van der Waals surface area (Å²) in [6.07, 6.45) is 1.35. The van der Waals surface area contributed by atoms with Gasteiger partial charge in [0.15, 0.2) is 11.5 Å². The molecular weight excluding hydrogens is 364 g/mol. The Morgan fingerprint density at radius 2 is 1.46 bits per heavy atom. The normalized spacial score (nSPS) is 15.5. The van der Waals surface area contributed by atoms with Gasteiger partial charge in [-0.05, 0) is 24.3 Å². The molecule has 8 nitrogen and oxygen atoms in total. The summed E-state index contributed by atoms with van der Waals surface area (Å²) in [5.74, 6) is -0.332. The Balaban J connectivity index is 2.09. The van der Waals surface area contributed by atoms with E-state index in [1.807, 2.05) is 0 Å². The van der Waals surface area contributed by atoms with Crippen LogP contribution in [0.15, 0.2) is 48.0 Å². The molecular formula is C20H18N2O6. The zero-order valence-corrected chi connectivity index (χ0v) is 15.5. The van der Waals surface area contributed by atoms with E-state index < -0.39 is 17.8 Å². The van der Waals surface area contributed by atoms with Gasteiger partial charge in [-0.15, -0.1) is 0 Å². The van der Waals surface area contributed by atoms with Gasteiger partial charge in [0.05, 0.1) is 27.0 Å². The molecule has 1 saturated heterocycles. The fraction of sp³-hybridized carbons (Fsp3) is 0.150. The number of carbonyl (C=O) groups is 3. The maximum atomic E-state index is 12.9. The number of barbiturate groups is 1. The number of imide groups is 2. The number of anilines is 1. The predicted octanol–water partition coefficient (Wildman–Crippen LogP) is 2.38. The molecule has 4 amide bonds. The van der Waals surface area contributed by atoms with Gasteiger partial charge in [0.25, 0.3) is 11.8 Å². The van der Waals surface area contributed by atoms with Crippen molar-refractivity contribution in [2.24, 2.45) is 0 Å². The van der Waals surface area contributed by atoms with Gasteiger partial charge >= 0.3 is 6.03 Å². The van der Waals surface area contributed by atoms with E-state index >= 15 is 0 Å². The number of methoxy groups -OCH3 is 3. The third-order valence-electron chi connectivity index (χ3n) is 4.15. The molecule has 1 aliphatic rings. The molecule has 144 valence electrons. The Labute approximate surface area is 161 Å². The maximum absolute atomic E-state index is 12.9. The second-order valence-corrected chi connectivity index (χ2v) is 5.74. The van der Waals surface area contributed by atoms with Gasteiger partial charge in [-0.25, -0.2) is 9.69 Å². The molecule has 2 aromatic rings. The number of nitrogens with zero attached hydrogens (tertiary/aromatic N) is 1. The van der Waals surface area contributed by atoms with Crippen molar-refractivity contribution in [2.45, 2.75) is 0 Å². The van der Waals surface area contributed by atoms with Crippen molar-refractivity contribution in [2.75, 3.05) is 26.2 Å². The van der Waals surface area contributed by atoms with Crippen LogP contribution in [0.5, 0.6) is 17.2 Å². The SMILES string of the molecule is COc1cc(OC)c(OC)cc1/C=C1\C(=O)NC(=O)N(c2ccccc2)C1=O. The van der Waals surface area contributed by atoms with Crippen LogP contribution in [0.3, 0.4) is 0 Å². The first-order valence-electron chi connectivity index (χ1n) is 8.26. The number of amides is 4. The monoisotopic (exact) mass is 382 g/mol. The highest BCUT2D eigenvalue weighted by Gasteiger charge is 2.37. The smallest absolute Gasteiger partial charge is 0.335 e. The molecule has 0 aromatic heterocycles. The van der Waals surface area contributed by atoms with Gasteiger partial charge in [0.2, 0.25) is 0 Å². The third-order valence-corrected chi connectivity index (χ3v) is 4.15. The number of para-hydroxylation sites is 1. The third kappa shape index (κ3) is 3.39. The predicted molar refractivity (Wildman–Crippen MR) is 102 cm³/mol. The van der Waals surface area contributed by atoms with Crippen LogP contribution in [-0.2, 0) is 9.59 Å². The molecule has 0 saturated carbocycles. The van der Waals surface area contributed by atoms with E-state index in [-0.39, 0.29) is 5.57 Å². The summed E-state index contributed by atoms with van der Waals surface area (Å²) in [7, 11) is 4.40. The number of carbonyl (C=O) groups excluding carboxylic acids is 3. The molecule has 0 radical (unpaired) electrons. The van der Waals surface area contributed by atoms with Gasteiger partial charge in [-0.2, -0.15) is 0 Å². The molecule has 0 aliphatic carbocycles. The molecule has 0 bridgehead atoms. The first-order chi connectivity index (χ1) is 13.5. The molecule has 1 fully saturated rings. The van der Waals surface area contributed by atoms with Crippen molar-refractivity contribution >= 4 is 29.6 Å². The molecule has 8 heteroatoms. The number of ether oxygens (including phenoxy) is 3. The number of nitrogens with one attached hydrogen (secondary N) is 1. The van der Waals surface area contributed by atoms with E-state index in [9.17, 15) is 14.4 Å². The fourth-order valence-electron chi connectivity index (χ4n) is 2.79. The Morgan fingerprint density at radius 3 is 2.07 bits per heavy atom. The summed E-state index contributed by atoms with van der Waals surface area (Å²) in [6, 6.07) is 10.7. The summed E-state index contributed by atoms with van der Waals surface area (Å²) >= 11 is 0. The lowest BCUT2D eigenvalue weighted by molar-refractivity contribution is -0.122. The molecule has 28 heavy (non-hydrogen) atoms. The largest absolute Gasteiger partial charge is 0.496 e. The number of rotatable bonds is 5. The summed E-state index contributed by atoms with van der Waals surface area (Å²) in [5, 5.41) is 2.18. The van der Waals surface area contributed by atoms with Gasteiger partial charge in [-0.1, -0.05) is 18.2 Å². The standard InChI is InChI=1S/C20H18N2O6/c1-26-15-11-17(28-3)16(27-2)10-12(15)9-14-18(23)21-20(25)22(19(14)24)13-7-5-4-6-8-13/h4-11H,1-3H3,(H,21,23,25)/b14-9+. The molecule has 0 unspecified atom stereocenters. The maximum Gasteiger partial charge on any atom is 0.335 e. The highest BCUT2D eigenvalue weighted by atomic mass is 16.5. The number of benzene rings is 2. The fourth-order valence-corrected chi connectivity index (χ4v) is 2.79. The van der Waals surface area contributed by atoms with Crippen molar-refractivity contribution in [3.63, 3.8) is 0 Å². The molecule has 2 aromatic carbocycles. The van der Waals surface area contributed by atoms with Crippen LogP contribution in [0.25, 0.3) is 6.08 Å².